The van der Waals surface area contributed by atoms with Gasteiger partial charge in [0.2, 0.25) is 0 Å². The summed E-state index contributed by atoms with van der Waals surface area (Å²) in [7, 11) is 0. The predicted octanol–water partition coefficient (Wildman–Crippen LogP) is 3.58. The van der Waals surface area contributed by atoms with Crippen LogP contribution in [0.2, 0.25) is 0 Å². The van der Waals surface area contributed by atoms with Crippen LogP contribution in [0.15, 0.2) is 0 Å². The number of rotatable bonds is 5. The van der Waals surface area contributed by atoms with Gasteiger partial charge in [-0.2, -0.15) is 0 Å². The maximum absolute atomic E-state index is 3.50. The number of alkyl halides is 2. The van der Waals surface area contributed by atoms with Crippen molar-refractivity contribution in [2.24, 2.45) is 5.92 Å². The van der Waals surface area contributed by atoms with Crippen LogP contribution in [-0.4, -0.2) is 10.7 Å². The Morgan fingerprint density at radius 2 is 1.89 bits per heavy atom. The summed E-state index contributed by atoms with van der Waals surface area (Å²) in [5.74, 6) is 0.884. The largest absolute Gasteiger partial charge is 0.0928 e. The van der Waals surface area contributed by atoms with E-state index in [2.05, 4.69) is 38.8 Å². The molecule has 0 aliphatic carbocycles. The second-order valence-electron chi connectivity index (χ2n) is 2.29. The topological polar surface area (TPSA) is 0 Å². The molecule has 0 aliphatic heterocycles. The fraction of sp³-hybridized carbons (Fsp3) is 1.00. The zero-order valence-electron chi connectivity index (χ0n) is 5.87. The van der Waals surface area contributed by atoms with Gasteiger partial charge in [0.1, 0.15) is 0 Å². The Morgan fingerprint density at radius 1 is 1.22 bits per heavy atom. The van der Waals surface area contributed by atoms with Gasteiger partial charge in [0.15, 0.2) is 0 Å². The zero-order valence-corrected chi connectivity index (χ0v) is 9.04. The second-order valence-corrected chi connectivity index (χ2v) is 3.73. The average Bonchev–Trinajstić information content (AvgIpc) is 1.88. The predicted molar refractivity (Wildman–Crippen MR) is 50.6 cm³/mol. The normalized spacial score (nSPS) is 13.7. The first-order valence-corrected chi connectivity index (χ1v) is 5.71. The van der Waals surface area contributed by atoms with E-state index in [-0.39, 0.29) is 0 Å². The van der Waals surface area contributed by atoms with E-state index in [9.17, 15) is 0 Å². The molecule has 0 unspecified atom stereocenters. The molecule has 9 heavy (non-hydrogen) atoms. The van der Waals surface area contributed by atoms with Gasteiger partial charge in [0.05, 0.1) is 0 Å². The fourth-order valence-electron chi connectivity index (χ4n) is 0.861. The monoisotopic (exact) mass is 256 g/mol. The summed E-state index contributed by atoms with van der Waals surface area (Å²) < 4.78 is 0. The van der Waals surface area contributed by atoms with Crippen molar-refractivity contribution in [1.82, 2.24) is 0 Å². The van der Waals surface area contributed by atoms with Crippen molar-refractivity contribution < 1.29 is 0 Å². The van der Waals surface area contributed by atoms with Crippen LogP contribution in [0.25, 0.3) is 0 Å². The van der Waals surface area contributed by atoms with Gasteiger partial charge in [-0.25, -0.2) is 0 Å². The highest BCUT2D eigenvalue weighted by molar-refractivity contribution is 9.09. The Hall–Kier alpha value is 0.960. The molecule has 0 radical (unpaired) electrons. The van der Waals surface area contributed by atoms with Crippen molar-refractivity contribution >= 4 is 31.9 Å². The molecule has 0 aromatic carbocycles. The lowest BCUT2D eigenvalue weighted by atomic mass is 10.0. The van der Waals surface area contributed by atoms with Gasteiger partial charge < -0.3 is 0 Å². The van der Waals surface area contributed by atoms with Crippen LogP contribution in [0.5, 0.6) is 0 Å². The number of hydrogen-bond donors (Lipinski definition) is 0. The molecule has 1 atom stereocenters. The highest BCUT2D eigenvalue weighted by Gasteiger charge is 2.02. The molecular weight excluding hydrogens is 244 g/mol. The highest BCUT2D eigenvalue weighted by atomic mass is 79.9. The van der Waals surface area contributed by atoms with Crippen LogP contribution in [0.4, 0.5) is 0 Å². The third kappa shape index (κ3) is 5.41. The van der Waals surface area contributed by atoms with Gasteiger partial charge in [-0.3, -0.25) is 0 Å². The van der Waals surface area contributed by atoms with E-state index in [1.54, 1.807) is 0 Å². The van der Waals surface area contributed by atoms with Crippen LogP contribution >= 0.6 is 31.9 Å². The average molecular weight is 258 g/mol. The molecule has 0 bridgehead atoms. The molecule has 0 nitrogen and oxygen atoms in total. The van der Waals surface area contributed by atoms with Crippen LogP contribution < -0.4 is 0 Å². The summed E-state index contributed by atoms with van der Waals surface area (Å²) in [5, 5.41) is 2.30. The van der Waals surface area contributed by atoms with E-state index in [1.165, 1.54) is 19.3 Å². The third-order valence-electron chi connectivity index (χ3n) is 1.43. The van der Waals surface area contributed by atoms with Gasteiger partial charge >= 0.3 is 0 Å². The third-order valence-corrected chi connectivity index (χ3v) is 2.81. The van der Waals surface area contributed by atoms with Crippen LogP contribution in [0.3, 0.4) is 0 Å². The minimum absolute atomic E-state index is 0.884. The van der Waals surface area contributed by atoms with Crippen molar-refractivity contribution in [2.45, 2.75) is 26.2 Å². The summed E-state index contributed by atoms with van der Waals surface area (Å²) >= 11 is 6.94. The van der Waals surface area contributed by atoms with Gasteiger partial charge in [-0.05, 0) is 18.8 Å². The zero-order chi connectivity index (χ0) is 7.11. The maximum atomic E-state index is 3.50. The molecule has 0 aromatic heterocycles. The Morgan fingerprint density at radius 3 is 2.22 bits per heavy atom. The van der Waals surface area contributed by atoms with E-state index < -0.39 is 0 Å². The smallest absolute Gasteiger partial charge is 0.00599 e. The first-order chi connectivity index (χ1) is 4.35. The van der Waals surface area contributed by atoms with Gasteiger partial charge in [0, 0.05) is 10.7 Å². The summed E-state index contributed by atoms with van der Waals surface area (Å²) in [4.78, 5) is 0. The Balaban J connectivity index is 3.18. The Labute approximate surface area is 74.7 Å². The molecule has 0 amide bonds. The van der Waals surface area contributed by atoms with Crippen LogP contribution in [0, 0.1) is 5.92 Å². The van der Waals surface area contributed by atoms with E-state index in [1.807, 2.05) is 0 Å². The molecule has 2 heteroatoms. The lowest BCUT2D eigenvalue weighted by Crippen LogP contribution is -2.01. The van der Waals surface area contributed by atoms with Crippen molar-refractivity contribution in [3.05, 3.63) is 0 Å². The van der Waals surface area contributed by atoms with Crippen molar-refractivity contribution in [2.75, 3.05) is 10.7 Å². The summed E-state index contributed by atoms with van der Waals surface area (Å²) in [6.45, 7) is 2.24. The van der Waals surface area contributed by atoms with Crippen molar-refractivity contribution in [3.8, 4) is 0 Å². The maximum Gasteiger partial charge on any atom is 0.00599 e. The molecule has 0 saturated carbocycles. The summed E-state index contributed by atoms with van der Waals surface area (Å²) in [5.41, 5.74) is 0. The van der Waals surface area contributed by atoms with Gasteiger partial charge in [0.25, 0.3) is 0 Å². The summed E-state index contributed by atoms with van der Waals surface area (Å²) in [6.07, 6.45) is 3.97. The molecule has 0 N–H and O–H groups in total. The van der Waals surface area contributed by atoms with E-state index >= 15 is 0 Å². The fourth-order valence-corrected chi connectivity index (χ4v) is 2.16. The molecule has 56 valence electrons. The molecule has 0 heterocycles. The minimum atomic E-state index is 0.884. The van der Waals surface area contributed by atoms with E-state index in [4.69, 9.17) is 0 Å². The van der Waals surface area contributed by atoms with Crippen molar-refractivity contribution in [3.63, 3.8) is 0 Å². The first-order valence-electron chi connectivity index (χ1n) is 3.47. The quantitative estimate of drug-likeness (QED) is 0.661. The molecule has 0 saturated heterocycles. The molecule has 0 rings (SSSR count). The summed E-state index contributed by atoms with van der Waals surface area (Å²) in [6, 6.07) is 0. The van der Waals surface area contributed by atoms with Gasteiger partial charge in [-0.1, -0.05) is 45.2 Å². The SMILES string of the molecule is CCC[C@H](CBr)CCBr. The first kappa shape index (κ1) is 9.96. The molecular formula is C7H14Br2. The standard InChI is InChI=1S/C7H14Br2/c1-2-3-7(6-9)4-5-8/h7H,2-6H2,1H3/t7-/m0/s1. The molecule has 0 spiro atoms. The Bertz CT molecular complexity index is 48.9. The lowest BCUT2D eigenvalue weighted by Gasteiger charge is -2.09. The second kappa shape index (κ2) is 7.07. The van der Waals surface area contributed by atoms with E-state index in [0.29, 0.717) is 0 Å². The van der Waals surface area contributed by atoms with Gasteiger partial charge in [-0.15, -0.1) is 0 Å². The highest BCUT2D eigenvalue weighted by Crippen LogP contribution is 2.14. The van der Waals surface area contributed by atoms with Crippen LogP contribution in [-0.2, 0) is 0 Å². The van der Waals surface area contributed by atoms with E-state index in [0.717, 1.165) is 16.6 Å². The van der Waals surface area contributed by atoms with Crippen LogP contribution in [0.1, 0.15) is 26.2 Å². The molecule has 0 aliphatic rings. The Kier molecular flexibility index (Phi) is 7.83. The van der Waals surface area contributed by atoms with Crippen molar-refractivity contribution in [1.29, 1.82) is 0 Å². The number of halogens is 2. The molecule has 0 fully saturated rings. The minimum Gasteiger partial charge on any atom is -0.0928 e. The number of hydrogen-bond acceptors (Lipinski definition) is 0. The molecule has 0 aromatic rings. The lowest BCUT2D eigenvalue weighted by molar-refractivity contribution is 0.526.